The summed E-state index contributed by atoms with van der Waals surface area (Å²) in [5.74, 6) is 0.861. The van der Waals surface area contributed by atoms with Gasteiger partial charge in [0.15, 0.2) is 16.3 Å². The SMILES string of the molecule is C=CCn1c(=NC(=O)c2cc(-c3ccccc3)on2)sc2cc(OCC)ccc21. The quantitative estimate of drug-likeness (QED) is 0.437. The zero-order chi connectivity index (χ0) is 20.2. The lowest BCUT2D eigenvalue weighted by molar-refractivity contribution is 0.0989. The molecule has 4 rings (SSSR count). The molecule has 0 atom stereocenters. The molecule has 2 aromatic heterocycles. The van der Waals surface area contributed by atoms with Crippen LogP contribution in [0.5, 0.6) is 5.75 Å². The fraction of sp³-hybridized carbons (Fsp3) is 0.136. The van der Waals surface area contributed by atoms with Crippen LogP contribution in [0.2, 0.25) is 0 Å². The average Bonchev–Trinajstić information content (AvgIpc) is 3.35. The minimum absolute atomic E-state index is 0.168. The van der Waals surface area contributed by atoms with Crippen LogP contribution in [-0.4, -0.2) is 22.2 Å². The summed E-state index contributed by atoms with van der Waals surface area (Å²) in [7, 11) is 0. The zero-order valence-electron chi connectivity index (χ0n) is 15.9. The van der Waals surface area contributed by atoms with Gasteiger partial charge in [-0.2, -0.15) is 4.99 Å². The van der Waals surface area contributed by atoms with Gasteiger partial charge in [-0.3, -0.25) is 4.79 Å². The molecule has 29 heavy (non-hydrogen) atoms. The van der Waals surface area contributed by atoms with Crippen LogP contribution < -0.4 is 9.54 Å². The fourth-order valence-corrected chi connectivity index (χ4v) is 4.03. The topological polar surface area (TPSA) is 69.6 Å². The molecule has 0 bridgehead atoms. The first-order valence-electron chi connectivity index (χ1n) is 9.18. The third-order valence-electron chi connectivity index (χ3n) is 4.26. The van der Waals surface area contributed by atoms with E-state index in [0.29, 0.717) is 23.7 Å². The second-order valence-electron chi connectivity index (χ2n) is 6.21. The molecule has 146 valence electrons. The number of aromatic nitrogens is 2. The molecule has 1 amide bonds. The molecular weight excluding hydrogens is 386 g/mol. The highest BCUT2D eigenvalue weighted by Crippen LogP contribution is 2.24. The van der Waals surface area contributed by atoms with E-state index in [1.165, 1.54) is 11.3 Å². The molecule has 0 aliphatic rings. The number of benzene rings is 2. The van der Waals surface area contributed by atoms with Crippen LogP contribution in [0.3, 0.4) is 0 Å². The van der Waals surface area contributed by atoms with Gasteiger partial charge in [-0.1, -0.05) is 52.9 Å². The third-order valence-corrected chi connectivity index (χ3v) is 5.30. The number of thiazole rings is 1. The molecule has 6 nitrogen and oxygen atoms in total. The van der Waals surface area contributed by atoms with Gasteiger partial charge in [0.25, 0.3) is 0 Å². The Hall–Kier alpha value is -3.45. The van der Waals surface area contributed by atoms with Crippen LogP contribution >= 0.6 is 11.3 Å². The number of carbonyl (C=O) groups is 1. The number of fused-ring (bicyclic) bond motifs is 1. The number of amides is 1. The summed E-state index contributed by atoms with van der Waals surface area (Å²) in [5.41, 5.74) is 1.99. The van der Waals surface area contributed by atoms with E-state index in [0.717, 1.165) is 21.5 Å². The summed E-state index contributed by atoms with van der Waals surface area (Å²) < 4.78 is 13.8. The van der Waals surface area contributed by atoms with E-state index in [-0.39, 0.29) is 5.69 Å². The average molecular weight is 405 g/mol. The molecule has 4 aromatic rings. The molecule has 0 fully saturated rings. The predicted molar refractivity (Wildman–Crippen MR) is 113 cm³/mol. The minimum Gasteiger partial charge on any atom is -0.494 e. The van der Waals surface area contributed by atoms with Crippen LogP contribution in [0, 0.1) is 0 Å². The fourth-order valence-electron chi connectivity index (χ4n) is 2.96. The smallest absolute Gasteiger partial charge is 0.301 e. The van der Waals surface area contributed by atoms with E-state index >= 15 is 0 Å². The molecule has 7 heteroatoms. The van der Waals surface area contributed by atoms with Gasteiger partial charge in [0, 0.05) is 18.2 Å². The number of nitrogens with zero attached hydrogens (tertiary/aromatic N) is 3. The second kappa shape index (κ2) is 8.28. The van der Waals surface area contributed by atoms with E-state index in [1.807, 2.05) is 60.0 Å². The van der Waals surface area contributed by atoms with Gasteiger partial charge in [0.05, 0.1) is 16.8 Å². The Morgan fingerprint density at radius 1 is 1.28 bits per heavy atom. The van der Waals surface area contributed by atoms with E-state index in [9.17, 15) is 4.79 Å². The number of rotatable bonds is 6. The van der Waals surface area contributed by atoms with Crippen molar-refractivity contribution in [3.63, 3.8) is 0 Å². The number of ether oxygens (including phenoxy) is 1. The number of allylic oxidation sites excluding steroid dienone is 1. The summed E-state index contributed by atoms with van der Waals surface area (Å²) in [6, 6.07) is 16.9. The van der Waals surface area contributed by atoms with Crippen LogP contribution in [0.1, 0.15) is 17.4 Å². The molecule has 0 saturated heterocycles. The number of hydrogen-bond donors (Lipinski definition) is 0. The monoisotopic (exact) mass is 405 g/mol. The molecule has 0 N–H and O–H groups in total. The first-order chi connectivity index (χ1) is 14.2. The lowest BCUT2D eigenvalue weighted by Gasteiger charge is -2.04. The molecule has 0 saturated carbocycles. The van der Waals surface area contributed by atoms with E-state index in [1.54, 1.807) is 12.1 Å². The molecule has 2 aromatic carbocycles. The summed E-state index contributed by atoms with van der Waals surface area (Å²) in [4.78, 5) is 17.6. The van der Waals surface area contributed by atoms with Crippen molar-refractivity contribution in [2.24, 2.45) is 4.99 Å². The van der Waals surface area contributed by atoms with E-state index in [2.05, 4.69) is 16.7 Å². The van der Waals surface area contributed by atoms with Gasteiger partial charge in [0.1, 0.15) is 5.75 Å². The second-order valence-corrected chi connectivity index (χ2v) is 7.21. The Morgan fingerprint density at radius 3 is 2.86 bits per heavy atom. The normalized spacial score (nSPS) is 11.7. The van der Waals surface area contributed by atoms with Crippen LogP contribution in [0.4, 0.5) is 0 Å². The summed E-state index contributed by atoms with van der Waals surface area (Å²) >= 11 is 1.42. The van der Waals surface area contributed by atoms with Crippen molar-refractivity contribution in [2.45, 2.75) is 13.5 Å². The van der Waals surface area contributed by atoms with Crippen molar-refractivity contribution in [2.75, 3.05) is 6.61 Å². The third kappa shape index (κ3) is 3.90. The molecule has 0 radical (unpaired) electrons. The maximum atomic E-state index is 12.7. The molecule has 0 aliphatic heterocycles. The summed E-state index contributed by atoms with van der Waals surface area (Å²) in [6.45, 7) is 6.88. The Labute approximate surface area is 171 Å². The van der Waals surface area contributed by atoms with Crippen molar-refractivity contribution in [3.05, 3.63) is 77.7 Å². The maximum absolute atomic E-state index is 12.7. The summed E-state index contributed by atoms with van der Waals surface area (Å²) in [5, 5.41) is 3.89. The highest BCUT2D eigenvalue weighted by molar-refractivity contribution is 7.16. The molecule has 0 unspecified atom stereocenters. The van der Waals surface area contributed by atoms with Gasteiger partial charge >= 0.3 is 5.91 Å². The Morgan fingerprint density at radius 2 is 2.10 bits per heavy atom. The lowest BCUT2D eigenvalue weighted by atomic mass is 10.1. The molecule has 0 aliphatic carbocycles. The van der Waals surface area contributed by atoms with Crippen molar-refractivity contribution >= 4 is 27.5 Å². The van der Waals surface area contributed by atoms with Gasteiger partial charge in [-0.05, 0) is 25.1 Å². The molecular formula is C22H19N3O3S. The predicted octanol–water partition coefficient (Wildman–Crippen LogP) is 4.68. The molecule has 2 heterocycles. The van der Waals surface area contributed by atoms with Crippen molar-refractivity contribution in [1.82, 2.24) is 9.72 Å². The van der Waals surface area contributed by atoms with Gasteiger partial charge in [0.2, 0.25) is 0 Å². The van der Waals surface area contributed by atoms with Crippen LogP contribution in [0.25, 0.3) is 21.5 Å². The summed E-state index contributed by atoms with van der Waals surface area (Å²) in [6.07, 6.45) is 1.77. The maximum Gasteiger partial charge on any atom is 0.301 e. The largest absolute Gasteiger partial charge is 0.494 e. The van der Waals surface area contributed by atoms with Gasteiger partial charge in [-0.25, -0.2) is 0 Å². The Balaban J connectivity index is 1.73. The standard InChI is InChI=1S/C22H19N3O3S/c1-3-12-25-18-11-10-16(27-4-2)13-20(18)29-22(25)23-21(26)17-14-19(28-24-17)15-8-6-5-7-9-15/h3,5-11,13-14H,1,4,12H2,2H3. The van der Waals surface area contributed by atoms with Crippen molar-refractivity contribution in [3.8, 4) is 17.1 Å². The zero-order valence-corrected chi connectivity index (χ0v) is 16.7. The highest BCUT2D eigenvalue weighted by atomic mass is 32.1. The lowest BCUT2D eigenvalue weighted by Crippen LogP contribution is -2.16. The van der Waals surface area contributed by atoms with E-state index < -0.39 is 5.91 Å². The van der Waals surface area contributed by atoms with Crippen LogP contribution in [0.15, 0.2) is 76.8 Å². The van der Waals surface area contributed by atoms with Crippen molar-refractivity contribution in [1.29, 1.82) is 0 Å². The van der Waals surface area contributed by atoms with Gasteiger partial charge in [-0.15, -0.1) is 6.58 Å². The highest BCUT2D eigenvalue weighted by Gasteiger charge is 2.14. The first-order valence-corrected chi connectivity index (χ1v) is 9.99. The minimum atomic E-state index is -0.453. The van der Waals surface area contributed by atoms with Crippen LogP contribution in [-0.2, 0) is 6.54 Å². The number of carbonyl (C=O) groups excluding carboxylic acids is 1. The Bertz CT molecular complexity index is 1240. The Kier molecular flexibility index (Phi) is 5.39. The first kappa shape index (κ1) is 18.9. The van der Waals surface area contributed by atoms with E-state index in [4.69, 9.17) is 9.26 Å². The number of hydrogen-bond acceptors (Lipinski definition) is 5. The molecule has 0 spiro atoms. The van der Waals surface area contributed by atoms with Crippen molar-refractivity contribution < 1.29 is 14.1 Å². The van der Waals surface area contributed by atoms with Gasteiger partial charge < -0.3 is 13.8 Å².